The second-order valence-corrected chi connectivity index (χ2v) is 8.03. The minimum absolute atomic E-state index is 0. The van der Waals surface area contributed by atoms with Crippen LogP contribution in [0.5, 0.6) is 0 Å². The lowest BCUT2D eigenvalue weighted by atomic mass is 9.90. The zero-order chi connectivity index (χ0) is 16.4. The molecule has 3 heterocycles. The monoisotopic (exact) mass is 409 g/mol. The van der Waals surface area contributed by atoms with Gasteiger partial charge in [-0.2, -0.15) is 0 Å². The van der Waals surface area contributed by atoms with Crippen molar-refractivity contribution in [2.75, 3.05) is 26.3 Å². The molecule has 1 aromatic rings. The summed E-state index contributed by atoms with van der Waals surface area (Å²) in [5.41, 5.74) is 7.39. The SMILES string of the molecule is Cc1nc(C2CCCN(C(=O)C(N)C3CCOCC3)C2)sc1C.Cl.Cl. The van der Waals surface area contributed by atoms with Crippen molar-refractivity contribution in [3.8, 4) is 0 Å². The Kier molecular flexibility index (Phi) is 9.12. The molecule has 8 heteroatoms. The van der Waals surface area contributed by atoms with Crippen LogP contribution in [0.25, 0.3) is 0 Å². The maximum absolute atomic E-state index is 12.8. The van der Waals surface area contributed by atoms with Crippen LogP contribution in [0.4, 0.5) is 0 Å². The molecule has 25 heavy (non-hydrogen) atoms. The molecule has 1 amide bonds. The number of hydrogen-bond donors (Lipinski definition) is 1. The van der Waals surface area contributed by atoms with Gasteiger partial charge in [0, 0.05) is 37.1 Å². The maximum atomic E-state index is 12.8. The van der Waals surface area contributed by atoms with Gasteiger partial charge in [0.25, 0.3) is 0 Å². The summed E-state index contributed by atoms with van der Waals surface area (Å²) in [6.07, 6.45) is 3.95. The van der Waals surface area contributed by atoms with Crippen LogP contribution in [-0.2, 0) is 9.53 Å². The van der Waals surface area contributed by atoms with Gasteiger partial charge in [-0.15, -0.1) is 36.2 Å². The van der Waals surface area contributed by atoms with E-state index in [0.29, 0.717) is 5.92 Å². The molecule has 0 aliphatic carbocycles. The first-order chi connectivity index (χ1) is 11.1. The van der Waals surface area contributed by atoms with E-state index in [2.05, 4.69) is 13.8 Å². The van der Waals surface area contributed by atoms with Gasteiger partial charge in [-0.1, -0.05) is 0 Å². The summed E-state index contributed by atoms with van der Waals surface area (Å²) >= 11 is 1.77. The Balaban J connectivity index is 0.00000156. The Hall–Kier alpha value is -0.400. The highest BCUT2D eigenvalue weighted by molar-refractivity contribution is 7.11. The number of nitrogens with zero attached hydrogens (tertiary/aromatic N) is 2. The van der Waals surface area contributed by atoms with Gasteiger partial charge in [0.05, 0.1) is 16.7 Å². The summed E-state index contributed by atoms with van der Waals surface area (Å²) < 4.78 is 5.38. The first-order valence-corrected chi connectivity index (χ1v) is 9.44. The molecule has 0 spiro atoms. The lowest BCUT2D eigenvalue weighted by molar-refractivity contribution is -0.136. The van der Waals surface area contributed by atoms with E-state index in [1.54, 1.807) is 11.3 Å². The van der Waals surface area contributed by atoms with Crippen LogP contribution < -0.4 is 5.73 Å². The largest absolute Gasteiger partial charge is 0.381 e. The Morgan fingerprint density at radius 3 is 2.56 bits per heavy atom. The number of likely N-dealkylation sites (tertiary alicyclic amines) is 1. The number of rotatable bonds is 3. The molecular formula is C17H29Cl2N3O2S. The highest BCUT2D eigenvalue weighted by Crippen LogP contribution is 2.32. The number of amides is 1. The lowest BCUT2D eigenvalue weighted by Gasteiger charge is -2.36. The van der Waals surface area contributed by atoms with Gasteiger partial charge in [0.2, 0.25) is 5.91 Å². The maximum Gasteiger partial charge on any atom is 0.239 e. The molecule has 5 nitrogen and oxygen atoms in total. The summed E-state index contributed by atoms with van der Waals surface area (Å²) in [4.78, 5) is 20.7. The van der Waals surface area contributed by atoms with E-state index in [1.165, 1.54) is 9.88 Å². The number of hydrogen-bond acceptors (Lipinski definition) is 5. The molecule has 2 aliphatic rings. The van der Waals surface area contributed by atoms with Crippen molar-refractivity contribution in [1.29, 1.82) is 0 Å². The Morgan fingerprint density at radius 2 is 1.96 bits per heavy atom. The molecule has 0 radical (unpaired) electrons. The summed E-state index contributed by atoms with van der Waals surface area (Å²) in [7, 11) is 0. The van der Waals surface area contributed by atoms with Crippen LogP contribution in [0.3, 0.4) is 0 Å². The number of carbonyl (C=O) groups excluding carboxylic acids is 1. The Bertz CT molecular complexity index is 545. The lowest BCUT2D eigenvalue weighted by Crippen LogP contribution is -2.51. The third-order valence-electron chi connectivity index (χ3n) is 5.19. The first kappa shape index (κ1) is 22.6. The molecule has 1 aromatic heterocycles. The molecule has 2 atom stereocenters. The number of thiazole rings is 1. The summed E-state index contributed by atoms with van der Waals surface area (Å²) in [5.74, 6) is 0.750. The van der Waals surface area contributed by atoms with E-state index in [1.807, 2.05) is 4.90 Å². The van der Waals surface area contributed by atoms with Crippen molar-refractivity contribution in [3.63, 3.8) is 0 Å². The minimum atomic E-state index is -0.377. The third kappa shape index (κ3) is 5.30. The van der Waals surface area contributed by atoms with E-state index in [0.717, 1.165) is 57.7 Å². The van der Waals surface area contributed by atoms with Crippen molar-refractivity contribution in [2.45, 2.75) is 51.5 Å². The van der Waals surface area contributed by atoms with Crippen molar-refractivity contribution in [1.82, 2.24) is 9.88 Å². The summed E-state index contributed by atoms with van der Waals surface area (Å²) in [5, 5.41) is 1.18. The molecule has 2 aliphatic heterocycles. The van der Waals surface area contributed by atoms with Gasteiger partial charge < -0.3 is 15.4 Å². The van der Waals surface area contributed by atoms with Crippen LogP contribution in [-0.4, -0.2) is 48.1 Å². The van der Waals surface area contributed by atoms with E-state index < -0.39 is 0 Å². The average molecular weight is 410 g/mol. The van der Waals surface area contributed by atoms with Gasteiger partial charge in [-0.05, 0) is 45.4 Å². The Morgan fingerprint density at radius 1 is 1.28 bits per heavy atom. The van der Waals surface area contributed by atoms with Crippen LogP contribution >= 0.6 is 36.2 Å². The number of nitrogens with two attached hydrogens (primary N) is 1. The summed E-state index contributed by atoms with van der Waals surface area (Å²) in [6.45, 7) is 7.22. The topological polar surface area (TPSA) is 68.5 Å². The molecule has 2 unspecified atom stereocenters. The Labute approximate surface area is 166 Å². The second kappa shape index (κ2) is 10.1. The smallest absolute Gasteiger partial charge is 0.239 e. The molecule has 0 saturated carbocycles. The number of aryl methyl sites for hydroxylation is 2. The fourth-order valence-corrected chi connectivity index (χ4v) is 4.59. The quantitative estimate of drug-likeness (QED) is 0.832. The fourth-order valence-electron chi connectivity index (χ4n) is 3.54. The van der Waals surface area contributed by atoms with Gasteiger partial charge >= 0.3 is 0 Å². The van der Waals surface area contributed by atoms with E-state index in [9.17, 15) is 4.79 Å². The minimum Gasteiger partial charge on any atom is -0.381 e. The van der Waals surface area contributed by atoms with Crippen molar-refractivity contribution >= 4 is 42.1 Å². The van der Waals surface area contributed by atoms with E-state index in [-0.39, 0.29) is 42.7 Å². The van der Waals surface area contributed by atoms with Gasteiger partial charge in [0.1, 0.15) is 0 Å². The molecule has 2 fully saturated rings. The van der Waals surface area contributed by atoms with Crippen LogP contribution in [0.1, 0.15) is 47.2 Å². The van der Waals surface area contributed by atoms with Gasteiger partial charge in [-0.25, -0.2) is 4.98 Å². The zero-order valence-electron chi connectivity index (χ0n) is 14.9. The zero-order valence-corrected chi connectivity index (χ0v) is 17.4. The number of ether oxygens (including phenoxy) is 1. The molecule has 2 saturated heterocycles. The average Bonchev–Trinajstić information content (AvgIpc) is 2.93. The van der Waals surface area contributed by atoms with Crippen LogP contribution in [0.15, 0.2) is 0 Å². The number of carbonyl (C=O) groups is 1. The third-order valence-corrected chi connectivity index (χ3v) is 6.42. The second-order valence-electron chi connectivity index (χ2n) is 6.79. The van der Waals surface area contributed by atoms with Crippen LogP contribution in [0, 0.1) is 19.8 Å². The van der Waals surface area contributed by atoms with Crippen molar-refractivity contribution in [3.05, 3.63) is 15.6 Å². The van der Waals surface area contributed by atoms with Gasteiger partial charge in [0.15, 0.2) is 0 Å². The number of aromatic nitrogens is 1. The predicted molar refractivity (Wildman–Crippen MR) is 106 cm³/mol. The van der Waals surface area contributed by atoms with E-state index in [4.69, 9.17) is 15.5 Å². The standard InChI is InChI=1S/C17H27N3O2S.2ClH/c1-11-12(2)23-16(19-11)14-4-3-7-20(10-14)17(21)15(18)13-5-8-22-9-6-13;;/h13-15H,3-10,18H2,1-2H3;2*1H. The molecule has 3 rings (SSSR count). The first-order valence-electron chi connectivity index (χ1n) is 8.62. The number of piperidine rings is 1. The van der Waals surface area contributed by atoms with Crippen molar-refractivity contribution in [2.24, 2.45) is 11.7 Å². The summed E-state index contributed by atoms with van der Waals surface area (Å²) in [6, 6.07) is -0.377. The highest BCUT2D eigenvalue weighted by Gasteiger charge is 2.33. The molecule has 0 bridgehead atoms. The van der Waals surface area contributed by atoms with Crippen molar-refractivity contribution < 1.29 is 9.53 Å². The highest BCUT2D eigenvalue weighted by atomic mass is 35.5. The molecular weight excluding hydrogens is 381 g/mol. The predicted octanol–water partition coefficient (Wildman–Crippen LogP) is 3.06. The molecule has 0 aromatic carbocycles. The van der Waals surface area contributed by atoms with Gasteiger partial charge in [-0.3, -0.25) is 4.79 Å². The fraction of sp³-hybridized carbons (Fsp3) is 0.765. The van der Waals surface area contributed by atoms with Crippen LogP contribution in [0.2, 0.25) is 0 Å². The molecule has 144 valence electrons. The molecule has 2 N–H and O–H groups in total. The number of halogens is 2. The van der Waals surface area contributed by atoms with E-state index >= 15 is 0 Å². The normalized spacial score (nSPS) is 22.7.